The van der Waals surface area contributed by atoms with Crippen molar-refractivity contribution in [3.63, 3.8) is 0 Å². The number of halogens is 1. The number of hydrogen-bond donors (Lipinski definition) is 2. The van der Waals surface area contributed by atoms with Gasteiger partial charge in [0.25, 0.3) is 0 Å². The molecular formula is C14H19FN2O2. The minimum Gasteiger partial charge on any atom is -0.381 e. The first-order valence-electron chi connectivity index (χ1n) is 6.58. The summed E-state index contributed by atoms with van der Waals surface area (Å²) in [4.78, 5) is 11.6. The summed E-state index contributed by atoms with van der Waals surface area (Å²) in [6, 6.07) is 5.91. The van der Waals surface area contributed by atoms with Gasteiger partial charge in [0, 0.05) is 26.3 Å². The van der Waals surface area contributed by atoms with Gasteiger partial charge in [-0.05, 0) is 36.5 Å². The summed E-state index contributed by atoms with van der Waals surface area (Å²) < 4.78 is 18.0. The van der Waals surface area contributed by atoms with Gasteiger partial charge in [-0.15, -0.1) is 0 Å². The third-order valence-corrected chi connectivity index (χ3v) is 3.26. The van der Waals surface area contributed by atoms with Crippen molar-refractivity contribution in [1.82, 2.24) is 10.6 Å². The second kappa shape index (κ2) is 7.09. The van der Waals surface area contributed by atoms with E-state index >= 15 is 0 Å². The Morgan fingerprint density at radius 2 is 1.89 bits per heavy atom. The summed E-state index contributed by atoms with van der Waals surface area (Å²) in [6.07, 6.45) is 2.00. The minimum atomic E-state index is -0.271. The van der Waals surface area contributed by atoms with Crippen LogP contribution in [0, 0.1) is 11.7 Å². The molecule has 0 saturated carbocycles. The summed E-state index contributed by atoms with van der Waals surface area (Å²) >= 11 is 0. The molecule has 1 aliphatic rings. The molecule has 1 aromatic rings. The molecule has 0 aliphatic carbocycles. The lowest BCUT2D eigenvalue weighted by molar-refractivity contribution is 0.0669. The summed E-state index contributed by atoms with van der Waals surface area (Å²) in [5.41, 5.74) is 0.877. The fourth-order valence-electron chi connectivity index (χ4n) is 2.03. The zero-order valence-corrected chi connectivity index (χ0v) is 10.8. The Morgan fingerprint density at radius 1 is 1.21 bits per heavy atom. The maximum absolute atomic E-state index is 12.7. The number of rotatable bonds is 4. The lowest BCUT2D eigenvalue weighted by Gasteiger charge is -2.22. The van der Waals surface area contributed by atoms with Gasteiger partial charge >= 0.3 is 6.03 Å². The number of carbonyl (C=O) groups is 1. The highest BCUT2D eigenvalue weighted by Gasteiger charge is 2.14. The van der Waals surface area contributed by atoms with Gasteiger partial charge in [-0.2, -0.15) is 0 Å². The number of carbonyl (C=O) groups excluding carboxylic acids is 1. The molecule has 5 heteroatoms. The van der Waals surface area contributed by atoms with Crippen molar-refractivity contribution < 1.29 is 13.9 Å². The van der Waals surface area contributed by atoms with Crippen LogP contribution in [0.2, 0.25) is 0 Å². The van der Waals surface area contributed by atoms with Crippen molar-refractivity contribution in [2.45, 2.75) is 19.4 Å². The van der Waals surface area contributed by atoms with Gasteiger partial charge in [-0.3, -0.25) is 0 Å². The molecule has 0 spiro atoms. The molecule has 2 N–H and O–H groups in total. The quantitative estimate of drug-likeness (QED) is 0.876. The molecule has 0 atom stereocenters. The minimum absolute atomic E-state index is 0.184. The van der Waals surface area contributed by atoms with E-state index in [1.54, 1.807) is 12.1 Å². The highest BCUT2D eigenvalue weighted by atomic mass is 19.1. The largest absolute Gasteiger partial charge is 0.381 e. The maximum atomic E-state index is 12.7. The maximum Gasteiger partial charge on any atom is 0.315 e. The average Bonchev–Trinajstić information content (AvgIpc) is 2.45. The van der Waals surface area contributed by atoms with E-state index in [1.807, 2.05) is 0 Å². The third kappa shape index (κ3) is 4.87. The van der Waals surface area contributed by atoms with Gasteiger partial charge in [0.2, 0.25) is 0 Å². The molecule has 4 nitrogen and oxygen atoms in total. The standard InChI is InChI=1S/C14H19FN2O2/c15-13-3-1-11(2-4-13)9-16-14(18)17-10-12-5-7-19-8-6-12/h1-4,12H,5-10H2,(H2,16,17,18). The predicted molar refractivity (Wildman–Crippen MR) is 70.2 cm³/mol. The number of nitrogens with one attached hydrogen (secondary N) is 2. The van der Waals surface area contributed by atoms with Crippen molar-refractivity contribution >= 4 is 6.03 Å². The van der Waals surface area contributed by atoms with E-state index in [0.717, 1.165) is 31.6 Å². The normalized spacial score (nSPS) is 16.1. The lowest BCUT2D eigenvalue weighted by Crippen LogP contribution is -2.39. The Bertz CT molecular complexity index is 402. The molecule has 1 fully saturated rings. The molecular weight excluding hydrogens is 247 g/mol. The van der Waals surface area contributed by atoms with Crippen molar-refractivity contribution in [3.05, 3.63) is 35.6 Å². The van der Waals surface area contributed by atoms with E-state index < -0.39 is 0 Å². The second-order valence-electron chi connectivity index (χ2n) is 4.75. The number of hydrogen-bond acceptors (Lipinski definition) is 2. The van der Waals surface area contributed by atoms with E-state index in [9.17, 15) is 9.18 Å². The van der Waals surface area contributed by atoms with E-state index in [2.05, 4.69) is 10.6 Å². The van der Waals surface area contributed by atoms with Crippen LogP contribution in [0.4, 0.5) is 9.18 Å². The first-order valence-corrected chi connectivity index (χ1v) is 6.58. The monoisotopic (exact) mass is 266 g/mol. The fraction of sp³-hybridized carbons (Fsp3) is 0.500. The Balaban J connectivity index is 1.65. The number of ether oxygens (including phenoxy) is 1. The van der Waals surface area contributed by atoms with Crippen LogP contribution in [-0.2, 0) is 11.3 Å². The van der Waals surface area contributed by atoms with Crippen molar-refractivity contribution in [2.24, 2.45) is 5.92 Å². The van der Waals surface area contributed by atoms with Crippen LogP contribution in [0.25, 0.3) is 0 Å². The lowest BCUT2D eigenvalue weighted by atomic mass is 10.0. The molecule has 0 unspecified atom stereocenters. The third-order valence-electron chi connectivity index (χ3n) is 3.26. The molecule has 1 aromatic carbocycles. The van der Waals surface area contributed by atoms with Crippen molar-refractivity contribution in [1.29, 1.82) is 0 Å². The Hall–Kier alpha value is -1.62. The highest BCUT2D eigenvalue weighted by molar-refractivity contribution is 5.73. The summed E-state index contributed by atoms with van der Waals surface area (Å²) in [5, 5.41) is 5.61. The summed E-state index contributed by atoms with van der Waals surface area (Å²) in [5.74, 6) is 0.234. The summed E-state index contributed by atoms with van der Waals surface area (Å²) in [6.45, 7) is 2.64. The highest BCUT2D eigenvalue weighted by Crippen LogP contribution is 2.12. The smallest absolute Gasteiger partial charge is 0.315 e. The molecule has 2 amide bonds. The van der Waals surface area contributed by atoms with Gasteiger partial charge < -0.3 is 15.4 Å². The molecule has 0 aromatic heterocycles. The predicted octanol–water partition coefficient (Wildman–Crippen LogP) is 2.05. The Kier molecular flexibility index (Phi) is 5.15. The number of urea groups is 1. The summed E-state index contributed by atoms with van der Waals surface area (Å²) in [7, 11) is 0. The Labute approximate surface area is 112 Å². The van der Waals surface area contributed by atoms with Crippen LogP contribution < -0.4 is 10.6 Å². The van der Waals surface area contributed by atoms with E-state index in [-0.39, 0.29) is 11.8 Å². The SMILES string of the molecule is O=C(NCc1ccc(F)cc1)NCC1CCOCC1. The molecule has 1 saturated heterocycles. The number of amides is 2. The first kappa shape index (κ1) is 13.8. The van der Waals surface area contributed by atoms with Crippen LogP contribution in [0.3, 0.4) is 0 Å². The molecule has 1 heterocycles. The van der Waals surface area contributed by atoms with Crippen LogP contribution in [0.1, 0.15) is 18.4 Å². The van der Waals surface area contributed by atoms with Crippen molar-refractivity contribution in [2.75, 3.05) is 19.8 Å². The topological polar surface area (TPSA) is 50.4 Å². The van der Waals surface area contributed by atoms with Crippen LogP contribution >= 0.6 is 0 Å². The molecule has 1 aliphatic heterocycles. The van der Waals surface area contributed by atoms with Crippen LogP contribution in [0.15, 0.2) is 24.3 Å². The zero-order valence-electron chi connectivity index (χ0n) is 10.8. The van der Waals surface area contributed by atoms with E-state index in [1.165, 1.54) is 12.1 Å². The zero-order chi connectivity index (χ0) is 13.5. The Morgan fingerprint density at radius 3 is 2.58 bits per heavy atom. The van der Waals surface area contributed by atoms with Crippen LogP contribution in [-0.4, -0.2) is 25.8 Å². The fourth-order valence-corrected chi connectivity index (χ4v) is 2.03. The molecule has 104 valence electrons. The van der Waals surface area contributed by atoms with Crippen molar-refractivity contribution in [3.8, 4) is 0 Å². The van der Waals surface area contributed by atoms with Gasteiger partial charge in [-0.25, -0.2) is 9.18 Å². The van der Waals surface area contributed by atoms with Gasteiger partial charge in [0.15, 0.2) is 0 Å². The molecule has 2 rings (SSSR count). The molecule has 19 heavy (non-hydrogen) atoms. The van der Waals surface area contributed by atoms with Crippen LogP contribution in [0.5, 0.6) is 0 Å². The molecule has 0 radical (unpaired) electrons. The van der Waals surface area contributed by atoms with E-state index in [4.69, 9.17) is 4.74 Å². The van der Waals surface area contributed by atoms with Gasteiger partial charge in [-0.1, -0.05) is 12.1 Å². The first-order chi connectivity index (χ1) is 9.24. The van der Waals surface area contributed by atoms with Gasteiger partial charge in [0.05, 0.1) is 0 Å². The van der Waals surface area contributed by atoms with Gasteiger partial charge in [0.1, 0.15) is 5.82 Å². The molecule has 0 bridgehead atoms. The van der Waals surface area contributed by atoms with E-state index in [0.29, 0.717) is 19.0 Å². The average molecular weight is 266 g/mol. The number of benzene rings is 1. The second-order valence-corrected chi connectivity index (χ2v) is 4.75.